The fraction of sp³-hybridized carbons (Fsp3) is 0.429. The van der Waals surface area contributed by atoms with E-state index in [2.05, 4.69) is 9.97 Å². The minimum absolute atomic E-state index is 0.174. The van der Waals surface area contributed by atoms with Gasteiger partial charge in [-0.15, -0.1) is 0 Å². The quantitative estimate of drug-likeness (QED) is 0.607. The molecule has 0 bridgehead atoms. The first-order valence-electron chi connectivity index (χ1n) is 6.69. The van der Waals surface area contributed by atoms with Crippen molar-refractivity contribution in [1.82, 2.24) is 14.5 Å². The number of pyridine rings is 1. The van der Waals surface area contributed by atoms with Crippen molar-refractivity contribution in [3.63, 3.8) is 0 Å². The average Bonchev–Trinajstić information content (AvgIpc) is 2.82. The number of esters is 2. The maximum absolute atomic E-state index is 12.1. The van der Waals surface area contributed by atoms with Crippen molar-refractivity contribution in [2.75, 3.05) is 13.2 Å². The minimum Gasteiger partial charge on any atom is -0.465 e. The zero-order valence-electron chi connectivity index (χ0n) is 12.2. The monoisotopic (exact) mass is 291 g/mol. The van der Waals surface area contributed by atoms with Gasteiger partial charge in [0.1, 0.15) is 5.52 Å². The maximum atomic E-state index is 12.1. The first-order chi connectivity index (χ1) is 10.1. The summed E-state index contributed by atoms with van der Waals surface area (Å²) in [6.45, 7) is 3.70. The highest BCUT2D eigenvalue weighted by molar-refractivity contribution is 6.03. The van der Waals surface area contributed by atoms with Crippen LogP contribution in [0.15, 0.2) is 18.6 Å². The van der Waals surface area contributed by atoms with E-state index in [0.29, 0.717) is 5.52 Å². The van der Waals surface area contributed by atoms with Crippen LogP contribution in [-0.2, 0) is 26.1 Å². The average molecular weight is 291 g/mol. The van der Waals surface area contributed by atoms with Crippen molar-refractivity contribution < 1.29 is 19.1 Å². The smallest absolute Gasteiger partial charge is 0.326 e. The van der Waals surface area contributed by atoms with Gasteiger partial charge in [-0.25, -0.2) is 4.98 Å². The van der Waals surface area contributed by atoms with E-state index in [1.807, 2.05) is 7.05 Å². The van der Waals surface area contributed by atoms with E-state index >= 15 is 0 Å². The van der Waals surface area contributed by atoms with Gasteiger partial charge in [0, 0.05) is 13.2 Å². The summed E-state index contributed by atoms with van der Waals surface area (Å²) in [5.41, 5.74) is 1.52. The maximum Gasteiger partial charge on any atom is 0.326 e. The van der Waals surface area contributed by atoms with Crippen LogP contribution in [0.2, 0.25) is 0 Å². The number of nitrogens with zero attached hydrogens (tertiary/aromatic N) is 3. The SMILES string of the molecule is CCOC(=O)C(C(=O)OCC)c1nccc2c1ncn2C. The molecular formula is C14H17N3O4. The lowest BCUT2D eigenvalue weighted by molar-refractivity contribution is -0.157. The van der Waals surface area contributed by atoms with Gasteiger partial charge in [0.05, 0.1) is 30.8 Å². The predicted molar refractivity (Wildman–Crippen MR) is 74.5 cm³/mol. The number of fused-ring (bicyclic) bond motifs is 1. The topological polar surface area (TPSA) is 83.3 Å². The third-order valence-corrected chi connectivity index (χ3v) is 2.99. The lowest BCUT2D eigenvalue weighted by Gasteiger charge is -2.14. The van der Waals surface area contributed by atoms with Gasteiger partial charge in [-0.1, -0.05) is 0 Å². The summed E-state index contributed by atoms with van der Waals surface area (Å²) in [7, 11) is 1.82. The molecule has 2 rings (SSSR count). The number of rotatable bonds is 5. The second-order valence-electron chi connectivity index (χ2n) is 4.36. The Kier molecular flexibility index (Phi) is 4.52. The van der Waals surface area contributed by atoms with Crippen LogP contribution in [0.1, 0.15) is 25.5 Å². The fourth-order valence-corrected chi connectivity index (χ4v) is 2.06. The first-order valence-corrected chi connectivity index (χ1v) is 6.69. The van der Waals surface area contributed by atoms with E-state index in [1.165, 1.54) is 6.20 Å². The molecule has 112 valence electrons. The number of aryl methyl sites for hydroxylation is 1. The van der Waals surface area contributed by atoms with Crippen molar-refractivity contribution in [2.24, 2.45) is 7.05 Å². The molecule has 7 nitrogen and oxygen atoms in total. The molecule has 0 unspecified atom stereocenters. The Morgan fingerprint density at radius 2 is 1.81 bits per heavy atom. The van der Waals surface area contributed by atoms with E-state index in [9.17, 15) is 9.59 Å². The molecule has 0 saturated heterocycles. The molecule has 0 spiro atoms. The largest absolute Gasteiger partial charge is 0.465 e. The molecule has 0 aliphatic heterocycles. The van der Waals surface area contributed by atoms with Gasteiger partial charge in [0.25, 0.3) is 0 Å². The summed E-state index contributed by atoms with van der Waals surface area (Å²) in [4.78, 5) is 32.6. The van der Waals surface area contributed by atoms with E-state index in [4.69, 9.17) is 9.47 Å². The first kappa shape index (κ1) is 15.0. The van der Waals surface area contributed by atoms with Crippen molar-refractivity contribution in [1.29, 1.82) is 0 Å². The molecule has 0 fully saturated rings. The van der Waals surface area contributed by atoms with Gasteiger partial charge in [0.2, 0.25) is 0 Å². The highest BCUT2D eigenvalue weighted by Gasteiger charge is 2.35. The Balaban J connectivity index is 2.52. The van der Waals surface area contributed by atoms with Crippen LogP contribution in [-0.4, -0.2) is 39.7 Å². The Hall–Kier alpha value is -2.44. The van der Waals surface area contributed by atoms with Crippen LogP contribution < -0.4 is 0 Å². The summed E-state index contributed by atoms with van der Waals surface area (Å²) < 4.78 is 11.7. The lowest BCUT2D eigenvalue weighted by Crippen LogP contribution is -2.27. The molecule has 2 aromatic rings. The van der Waals surface area contributed by atoms with Crippen molar-refractivity contribution in [3.8, 4) is 0 Å². The molecule has 21 heavy (non-hydrogen) atoms. The molecule has 7 heteroatoms. The number of hydrogen-bond acceptors (Lipinski definition) is 6. The third-order valence-electron chi connectivity index (χ3n) is 2.99. The molecule has 0 N–H and O–H groups in total. The molecule has 0 atom stereocenters. The molecule has 2 aromatic heterocycles. The summed E-state index contributed by atoms with van der Waals surface area (Å²) in [6, 6.07) is 1.76. The Labute approximate surface area is 121 Å². The summed E-state index contributed by atoms with van der Waals surface area (Å²) >= 11 is 0. The Morgan fingerprint density at radius 1 is 1.19 bits per heavy atom. The van der Waals surface area contributed by atoms with Crippen LogP contribution in [0.4, 0.5) is 0 Å². The van der Waals surface area contributed by atoms with Crippen LogP contribution in [0.3, 0.4) is 0 Å². The molecule has 0 radical (unpaired) electrons. The Morgan fingerprint density at radius 3 is 2.38 bits per heavy atom. The van der Waals surface area contributed by atoms with Crippen molar-refractivity contribution >= 4 is 23.0 Å². The molecule has 0 aromatic carbocycles. The zero-order valence-corrected chi connectivity index (χ0v) is 12.2. The third kappa shape index (κ3) is 2.86. The molecule has 0 saturated carbocycles. The summed E-state index contributed by atoms with van der Waals surface area (Å²) in [5, 5.41) is 0. The number of carbonyl (C=O) groups is 2. The molecule has 0 aliphatic rings. The number of ether oxygens (including phenoxy) is 2. The van der Waals surface area contributed by atoms with Gasteiger partial charge in [-0.3, -0.25) is 14.6 Å². The second-order valence-corrected chi connectivity index (χ2v) is 4.36. The van der Waals surface area contributed by atoms with E-state index in [0.717, 1.165) is 5.52 Å². The number of aromatic nitrogens is 3. The van der Waals surface area contributed by atoms with Gasteiger partial charge in [-0.2, -0.15) is 0 Å². The molecule has 0 amide bonds. The summed E-state index contributed by atoms with van der Waals surface area (Å²) in [6.07, 6.45) is 3.13. The number of imidazole rings is 1. The normalized spacial score (nSPS) is 10.9. The van der Waals surface area contributed by atoms with Gasteiger partial charge in [0.15, 0.2) is 5.92 Å². The van der Waals surface area contributed by atoms with Crippen molar-refractivity contribution in [3.05, 3.63) is 24.3 Å². The van der Waals surface area contributed by atoms with E-state index in [1.54, 1.807) is 30.8 Å². The predicted octanol–water partition coefficient (Wildman–Crippen LogP) is 1.18. The van der Waals surface area contributed by atoms with Crippen LogP contribution >= 0.6 is 0 Å². The number of hydrogen-bond donors (Lipinski definition) is 0. The highest BCUT2D eigenvalue weighted by atomic mass is 16.6. The van der Waals surface area contributed by atoms with Crippen LogP contribution in [0, 0.1) is 0 Å². The lowest BCUT2D eigenvalue weighted by atomic mass is 10.0. The highest BCUT2D eigenvalue weighted by Crippen LogP contribution is 2.24. The Bertz CT molecular complexity index is 647. The number of carbonyl (C=O) groups excluding carboxylic acids is 2. The van der Waals surface area contributed by atoms with Gasteiger partial charge >= 0.3 is 11.9 Å². The zero-order chi connectivity index (χ0) is 15.4. The molecule has 2 heterocycles. The summed E-state index contributed by atoms with van der Waals surface area (Å²) in [5.74, 6) is -2.58. The van der Waals surface area contributed by atoms with E-state index in [-0.39, 0.29) is 18.9 Å². The van der Waals surface area contributed by atoms with Crippen LogP contribution in [0.5, 0.6) is 0 Å². The van der Waals surface area contributed by atoms with Gasteiger partial charge in [-0.05, 0) is 19.9 Å². The van der Waals surface area contributed by atoms with Crippen LogP contribution in [0.25, 0.3) is 11.0 Å². The van der Waals surface area contributed by atoms with Gasteiger partial charge < -0.3 is 14.0 Å². The molecular weight excluding hydrogens is 274 g/mol. The standard InChI is InChI=1S/C14H17N3O4/c1-4-20-13(18)10(14(19)21-5-2)12-11-9(6-7-15-12)17(3)8-16-11/h6-8,10H,4-5H2,1-3H3. The second kappa shape index (κ2) is 6.34. The van der Waals surface area contributed by atoms with E-state index < -0.39 is 17.9 Å². The fourth-order valence-electron chi connectivity index (χ4n) is 2.06. The minimum atomic E-state index is -1.22. The van der Waals surface area contributed by atoms with Crippen molar-refractivity contribution in [2.45, 2.75) is 19.8 Å². The molecule has 0 aliphatic carbocycles.